The quantitative estimate of drug-likeness (QED) is 0.578. The van der Waals surface area contributed by atoms with Crippen LogP contribution in [0.5, 0.6) is 0 Å². The molecule has 3 nitrogen and oxygen atoms in total. The molecule has 5 heteroatoms. The Bertz CT molecular complexity index is 805. The third-order valence-electron chi connectivity index (χ3n) is 2.93. The Morgan fingerprint density at radius 3 is 2.95 bits per heavy atom. The fourth-order valence-corrected chi connectivity index (χ4v) is 3.31. The first kappa shape index (κ1) is 12.4. The van der Waals surface area contributed by atoms with Gasteiger partial charge in [0.05, 0.1) is 5.52 Å². The highest BCUT2D eigenvalue weighted by molar-refractivity contribution is 7.98. The van der Waals surface area contributed by atoms with E-state index in [2.05, 4.69) is 35.1 Å². The minimum atomic E-state index is -0.0572. The second-order valence-corrected chi connectivity index (χ2v) is 5.95. The molecular weight excluding hydrogens is 276 g/mol. The predicted molar refractivity (Wildman–Crippen MR) is 82.2 cm³/mol. The Hall–Kier alpha value is -1.59. The lowest BCUT2D eigenvalue weighted by atomic mass is 10.1. The maximum Gasteiger partial charge on any atom is 0.269 e. The van der Waals surface area contributed by atoms with Crippen LogP contribution >= 0.6 is 23.1 Å². The highest BCUT2D eigenvalue weighted by Gasteiger charge is 2.12. The largest absolute Gasteiger partial charge is 0.300 e. The number of thioether (sulfide) groups is 1. The van der Waals surface area contributed by atoms with E-state index in [0.29, 0.717) is 9.86 Å². The normalized spacial score (nSPS) is 11.1. The van der Waals surface area contributed by atoms with Crippen molar-refractivity contribution in [3.8, 4) is 11.1 Å². The maximum absolute atomic E-state index is 12.0. The van der Waals surface area contributed by atoms with Gasteiger partial charge in [0.1, 0.15) is 4.70 Å². The van der Waals surface area contributed by atoms with E-state index in [1.807, 2.05) is 17.7 Å². The van der Waals surface area contributed by atoms with Crippen molar-refractivity contribution in [2.45, 2.75) is 12.1 Å². The molecule has 0 aliphatic heterocycles. The van der Waals surface area contributed by atoms with Crippen molar-refractivity contribution in [1.29, 1.82) is 0 Å². The molecule has 3 rings (SSSR count). The molecule has 1 N–H and O–H groups in total. The van der Waals surface area contributed by atoms with E-state index in [-0.39, 0.29) is 5.56 Å². The van der Waals surface area contributed by atoms with Crippen LogP contribution in [0.2, 0.25) is 0 Å². The molecule has 0 saturated heterocycles. The van der Waals surface area contributed by atoms with Crippen molar-refractivity contribution in [3.63, 3.8) is 0 Å². The van der Waals surface area contributed by atoms with Crippen LogP contribution in [-0.2, 0) is 0 Å². The van der Waals surface area contributed by atoms with Crippen LogP contribution in [-0.4, -0.2) is 16.2 Å². The van der Waals surface area contributed by atoms with Gasteiger partial charge < -0.3 is 4.98 Å². The average Bonchev–Trinajstić information content (AvgIpc) is 2.83. The average molecular weight is 288 g/mol. The number of hydrogen-bond donors (Lipinski definition) is 1. The summed E-state index contributed by atoms with van der Waals surface area (Å²) in [7, 11) is 0. The molecule has 0 radical (unpaired) electrons. The van der Waals surface area contributed by atoms with Crippen LogP contribution < -0.4 is 5.56 Å². The molecular formula is C14H12N2OS2. The van der Waals surface area contributed by atoms with Crippen molar-refractivity contribution in [1.82, 2.24) is 9.97 Å². The van der Waals surface area contributed by atoms with Gasteiger partial charge >= 0.3 is 0 Å². The number of rotatable bonds is 2. The van der Waals surface area contributed by atoms with Crippen molar-refractivity contribution >= 4 is 33.3 Å². The topological polar surface area (TPSA) is 45.8 Å². The number of aryl methyl sites for hydroxylation is 1. The highest BCUT2D eigenvalue weighted by atomic mass is 32.2. The molecule has 19 heavy (non-hydrogen) atoms. The van der Waals surface area contributed by atoms with Crippen LogP contribution in [0.25, 0.3) is 21.3 Å². The molecule has 0 unspecified atom stereocenters. The molecule has 1 aromatic carbocycles. The summed E-state index contributed by atoms with van der Waals surface area (Å²) in [6.45, 7) is 2.06. The van der Waals surface area contributed by atoms with Gasteiger partial charge in [-0.05, 0) is 18.7 Å². The number of hydrogen-bond acceptors (Lipinski definition) is 4. The second kappa shape index (κ2) is 4.83. The molecule has 3 aromatic rings. The Labute approximate surface area is 118 Å². The van der Waals surface area contributed by atoms with Crippen LogP contribution in [0.3, 0.4) is 0 Å². The number of aromatic nitrogens is 2. The minimum absolute atomic E-state index is 0.0572. The molecule has 2 aromatic heterocycles. The highest BCUT2D eigenvalue weighted by Crippen LogP contribution is 2.31. The smallest absolute Gasteiger partial charge is 0.269 e. The van der Waals surface area contributed by atoms with Gasteiger partial charge in [-0.1, -0.05) is 41.6 Å². The molecule has 2 heterocycles. The summed E-state index contributed by atoms with van der Waals surface area (Å²) in [4.78, 5) is 19.3. The molecule has 96 valence electrons. The maximum atomic E-state index is 12.0. The number of H-pyrrole nitrogens is 1. The number of nitrogens with zero attached hydrogens (tertiary/aromatic N) is 1. The molecule has 0 bridgehead atoms. The van der Waals surface area contributed by atoms with Gasteiger partial charge in [0.2, 0.25) is 0 Å². The first-order chi connectivity index (χ1) is 9.19. The number of thiophene rings is 1. The Kier molecular flexibility index (Phi) is 3.16. The summed E-state index contributed by atoms with van der Waals surface area (Å²) in [5, 5.41) is 2.66. The van der Waals surface area contributed by atoms with Crippen LogP contribution in [0.15, 0.2) is 39.6 Å². The van der Waals surface area contributed by atoms with Crippen molar-refractivity contribution in [2.75, 3.05) is 6.26 Å². The molecule has 0 amide bonds. The summed E-state index contributed by atoms with van der Waals surface area (Å²) in [5.74, 6) is 0. The van der Waals surface area contributed by atoms with E-state index in [0.717, 1.165) is 16.6 Å². The van der Waals surface area contributed by atoms with E-state index in [1.54, 1.807) is 0 Å². The van der Waals surface area contributed by atoms with Gasteiger partial charge in [0.25, 0.3) is 5.56 Å². The van der Waals surface area contributed by atoms with Gasteiger partial charge in [-0.2, -0.15) is 0 Å². The number of benzene rings is 1. The monoisotopic (exact) mass is 288 g/mol. The summed E-state index contributed by atoms with van der Waals surface area (Å²) < 4.78 is 0.689. The third-order valence-corrected chi connectivity index (χ3v) is 4.48. The van der Waals surface area contributed by atoms with Crippen LogP contribution in [0, 0.1) is 6.92 Å². The lowest BCUT2D eigenvalue weighted by molar-refractivity contribution is 0.982. The van der Waals surface area contributed by atoms with Gasteiger partial charge in [-0.15, -0.1) is 11.3 Å². The SMILES string of the molecule is CSc1nc2c(-c3cccc(C)c3)csc2c(=O)[nH]1. The fraction of sp³-hybridized carbons (Fsp3) is 0.143. The molecule has 0 aliphatic rings. The van der Waals surface area contributed by atoms with Gasteiger partial charge in [-0.25, -0.2) is 4.98 Å². The van der Waals surface area contributed by atoms with Gasteiger partial charge in [-0.3, -0.25) is 4.79 Å². The molecule has 0 spiro atoms. The fourth-order valence-electron chi connectivity index (χ4n) is 2.02. The van der Waals surface area contributed by atoms with Crippen LogP contribution in [0.1, 0.15) is 5.56 Å². The lowest BCUT2D eigenvalue weighted by Gasteiger charge is -2.02. The van der Waals surface area contributed by atoms with Gasteiger partial charge in [0.15, 0.2) is 5.16 Å². The Morgan fingerprint density at radius 1 is 1.37 bits per heavy atom. The van der Waals surface area contributed by atoms with Crippen molar-refractivity contribution in [2.24, 2.45) is 0 Å². The molecule has 0 saturated carbocycles. The zero-order valence-electron chi connectivity index (χ0n) is 10.6. The van der Waals surface area contributed by atoms with Crippen LogP contribution in [0.4, 0.5) is 0 Å². The lowest BCUT2D eigenvalue weighted by Crippen LogP contribution is -2.07. The number of aromatic amines is 1. The third kappa shape index (κ3) is 2.19. The van der Waals surface area contributed by atoms with Gasteiger partial charge in [0, 0.05) is 10.9 Å². The molecule has 0 fully saturated rings. The zero-order valence-corrected chi connectivity index (χ0v) is 12.2. The summed E-state index contributed by atoms with van der Waals surface area (Å²) in [6, 6.07) is 8.25. The van der Waals surface area contributed by atoms with E-state index < -0.39 is 0 Å². The summed E-state index contributed by atoms with van der Waals surface area (Å²) in [6.07, 6.45) is 1.91. The predicted octanol–water partition coefficient (Wildman–Crippen LogP) is 3.68. The standard InChI is InChI=1S/C14H12N2OS2/c1-8-4-3-5-9(6-8)10-7-19-12-11(10)15-14(18-2)16-13(12)17/h3-7H,1-2H3,(H,15,16,17). The Morgan fingerprint density at radius 2 is 2.21 bits per heavy atom. The van der Waals surface area contributed by atoms with E-state index >= 15 is 0 Å². The summed E-state index contributed by atoms with van der Waals surface area (Å²) >= 11 is 2.89. The second-order valence-electron chi connectivity index (χ2n) is 4.27. The van der Waals surface area contributed by atoms with E-state index in [4.69, 9.17) is 0 Å². The molecule has 0 aliphatic carbocycles. The first-order valence-electron chi connectivity index (χ1n) is 5.81. The van der Waals surface area contributed by atoms with E-state index in [1.165, 1.54) is 28.7 Å². The Balaban J connectivity index is 2.30. The number of nitrogens with one attached hydrogen (secondary N) is 1. The first-order valence-corrected chi connectivity index (χ1v) is 7.92. The summed E-state index contributed by atoms with van der Waals surface area (Å²) in [5.41, 5.74) is 4.08. The molecule has 0 atom stereocenters. The van der Waals surface area contributed by atoms with Crippen molar-refractivity contribution in [3.05, 3.63) is 45.6 Å². The van der Waals surface area contributed by atoms with Crippen molar-refractivity contribution < 1.29 is 0 Å². The van der Waals surface area contributed by atoms with E-state index in [9.17, 15) is 4.79 Å². The zero-order chi connectivity index (χ0) is 13.4. The number of fused-ring (bicyclic) bond motifs is 1. The minimum Gasteiger partial charge on any atom is -0.300 e.